The first-order valence-electron chi connectivity index (χ1n) is 12.7. The Labute approximate surface area is 205 Å². The van der Waals surface area contributed by atoms with Gasteiger partial charge in [-0.3, -0.25) is 9.59 Å². The van der Waals surface area contributed by atoms with Gasteiger partial charge in [-0.15, -0.1) is 0 Å². The van der Waals surface area contributed by atoms with Crippen LogP contribution in [0.4, 0.5) is 14.5 Å². The number of hydrogen-bond acceptors (Lipinski definition) is 3. The monoisotopic (exact) mass is 481 g/mol. The maximum Gasteiger partial charge on any atom is 0.228 e. The number of nitriles is 1. The molecule has 0 aromatic heterocycles. The molecule has 3 aliphatic carbocycles. The van der Waals surface area contributed by atoms with Crippen LogP contribution in [0.25, 0.3) is 0 Å². The zero-order valence-electron chi connectivity index (χ0n) is 20.9. The maximum atomic E-state index is 14.5. The highest BCUT2D eigenvalue weighted by molar-refractivity contribution is 5.93. The van der Waals surface area contributed by atoms with Crippen molar-refractivity contribution < 1.29 is 18.4 Å². The second-order valence-corrected chi connectivity index (χ2v) is 11.7. The first-order valence-corrected chi connectivity index (χ1v) is 12.7. The number of rotatable bonds is 2. The average Bonchev–Trinajstić information content (AvgIpc) is 3.16. The molecule has 0 spiro atoms. The van der Waals surface area contributed by atoms with Gasteiger partial charge in [-0.25, -0.2) is 8.78 Å². The molecule has 3 fully saturated rings. The SMILES string of the molecule is CC1=C2N(C)C(=O)CC[C@]2(C)C2CC[C@]3(C)[C@@H](C(=O)Nc4cc(F)c(C#N)cc4F)CC[C@H]3C2C1. The number of halogens is 2. The van der Waals surface area contributed by atoms with E-state index in [1.165, 1.54) is 11.3 Å². The van der Waals surface area contributed by atoms with Gasteiger partial charge in [0.1, 0.15) is 17.7 Å². The highest BCUT2D eigenvalue weighted by atomic mass is 19.1. The minimum atomic E-state index is -0.843. The third-order valence-electron chi connectivity index (χ3n) is 10.1. The van der Waals surface area contributed by atoms with Crippen LogP contribution in [0.2, 0.25) is 0 Å². The molecule has 7 heteroatoms. The predicted molar refractivity (Wildman–Crippen MR) is 128 cm³/mol. The Balaban J connectivity index is 1.41. The van der Waals surface area contributed by atoms with Gasteiger partial charge in [-0.1, -0.05) is 19.4 Å². The van der Waals surface area contributed by atoms with E-state index in [1.807, 2.05) is 11.9 Å². The van der Waals surface area contributed by atoms with Crippen LogP contribution in [0.3, 0.4) is 0 Å². The number of benzene rings is 1. The average molecular weight is 482 g/mol. The minimum Gasteiger partial charge on any atom is -0.323 e. The second kappa shape index (κ2) is 8.15. The van der Waals surface area contributed by atoms with E-state index in [0.717, 1.165) is 50.7 Å². The summed E-state index contributed by atoms with van der Waals surface area (Å²) in [6.07, 6.45) is 5.96. The van der Waals surface area contributed by atoms with Crippen molar-refractivity contribution in [2.45, 2.75) is 65.7 Å². The lowest BCUT2D eigenvalue weighted by molar-refractivity contribution is -0.137. The predicted octanol–water partition coefficient (Wildman–Crippen LogP) is 5.77. The topological polar surface area (TPSA) is 73.2 Å². The molecule has 1 saturated heterocycles. The number of fused-ring (bicyclic) bond motifs is 5. The van der Waals surface area contributed by atoms with Crippen molar-refractivity contribution in [2.24, 2.45) is 34.5 Å². The molecule has 1 heterocycles. The highest BCUT2D eigenvalue weighted by Crippen LogP contribution is 2.66. The molecule has 0 bridgehead atoms. The van der Waals surface area contributed by atoms with Gasteiger partial charge in [0.2, 0.25) is 11.8 Å². The van der Waals surface area contributed by atoms with Crippen LogP contribution >= 0.6 is 0 Å². The number of hydrogen-bond donors (Lipinski definition) is 1. The lowest BCUT2D eigenvalue weighted by Crippen LogP contribution is -2.54. The van der Waals surface area contributed by atoms with Gasteiger partial charge >= 0.3 is 0 Å². The number of carbonyl (C=O) groups excluding carboxylic acids is 2. The summed E-state index contributed by atoms with van der Waals surface area (Å²) in [5, 5.41) is 11.5. The van der Waals surface area contributed by atoms with Crippen LogP contribution in [-0.4, -0.2) is 23.8 Å². The Hall–Kier alpha value is -2.75. The van der Waals surface area contributed by atoms with Crippen LogP contribution in [0.15, 0.2) is 23.4 Å². The quantitative estimate of drug-likeness (QED) is 0.583. The Morgan fingerprint density at radius 3 is 2.60 bits per heavy atom. The van der Waals surface area contributed by atoms with Crippen LogP contribution < -0.4 is 5.32 Å². The van der Waals surface area contributed by atoms with Gasteiger partial charge in [0.05, 0.1) is 11.3 Å². The summed E-state index contributed by atoms with van der Waals surface area (Å²) in [4.78, 5) is 27.7. The van der Waals surface area contributed by atoms with Gasteiger partial charge in [0.25, 0.3) is 0 Å². The van der Waals surface area contributed by atoms with Crippen molar-refractivity contribution in [3.05, 3.63) is 40.6 Å². The van der Waals surface area contributed by atoms with Crippen molar-refractivity contribution in [1.82, 2.24) is 4.90 Å². The van der Waals surface area contributed by atoms with E-state index in [9.17, 15) is 18.4 Å². The minimum absolute atomic E-state index is 0.0273. The summed E-state index contributed by atoms with van der Waals surface area (Å²) in [6.45, 7) is 6.69. The zero-order valence-corrected chi connectivity index (χ0v) is 20.9. The van der Waals surface area contributed by atoms with E-state index in [-0.39, 0.29) is 39.8 Å². The smallest absolute Gasteiger partial charge is 0.228 e. The number of nitrogens with zero attached hydrogens (tertiary/aromatic N) is 2. The lowest BCUT2D eigenvalue weighted by atomic mass is 9.48. The number of allylic oxidation sites excluding steroid dienone is 2. The van der Waals surface area contributed by atoms with E-state index in [2.05, 4.69) is 26.1 Å². The van der Waals surface area contributed by atoms with Gasteiger partial charge in [-0.2, -0.15) is 5.26 Å². The highest BCUT2D eigenvalue weighted by Gasteiger charge is 2.61. The summed E-state index contributed by atoms with van der Waals surface area (Å²) in [6, 6.07) is 3.35. The van der Waals surface area contributed by atoms with Gasteiger partial charge < -0.3 is 10.2 Å². The van der Waals surface area contributed by atoms with E-state index in [0.29, 0.717) is 24.2 Å². The summed E-state index contributed by atoms with van der Waals surface area (Å²) < 4.78 is 28.5. The maximum absolute atomic E-state index is 14.5. The van der Waals surface area contributed by atoms with Crippen molar-refractivity contribution in [1.29, 1.82) is 5.26 Å². The molecule has 2 unspecified atom stereocenters. The summed E-state index contributed by atoms with van der Waals surface area (Å²) in [5.74, 6) is -0.701. The van der Waals surface area contributed by atoms with Crippen molar-refractivity contribution >= 4 is 17.5 Å². The number of likely N-dealkylation sites (tertiary alicyclic amines) is 1. The molecule has 1 aromatic carbocycles. The first kappa shape index (κ1) is 24.0. The summed E-state index contributed by atoms with van der Waals surface area (Å²) in [7, 11) is 1.91. The Kier molecular flexibility index (Phi) is 5.58. The molecular formula is C28H33F2N3O2. The number of nitrogens with one attached hydrogen (secondary N) is 1. The molecule has 186 valence electrons. The fourth-order valence-electron chi connectivity index (χ4n) is 8.49. The number of amides is 2. The largest absolute Gasteiger partial charge is 0.323 e. The van der Waals surface area contributed by atoms with Crippen molar-refractivity contribution in [2.75, 3.05) is 12.4 Å². The lowest BCUT2D eigenvalue weighted by Gasteiger charge is -2.59. The zero-order chi connectivity index (χ0) is 25.3. The number of piperidine rings is 1. The molecule has 5 nitrogen and oxygen atoms in total. The molecule has 35 heavy (non-hydrogen) atoms. The van der Waals surface area contributed by atoms with E-state index >= 15 is 0 Å². The van der Waals surface area contributed by atoms with Crippen LogP contribution in [0.5, 0.6) is 0 Å². The van der Waals surface area contributed by atoms with E-state index < -0.39 is 11.6 Å². The molecular weight excluding hydrogens is 448 g/mol. The molecule has 6 atom stereocenters. The fourth-order valence-corrected chi connectivity index (χ4v) is 8.49. The van der Waals surface area contributed by atoms with Crippen molar-refractivity contribution in [3.63, 3.8) is 0 Å². The summed E-state index contributed by atoms with van der Waals surface area (Å²) >= 11 is 0. The van der Waals surface area contributed by atoms with Gasteiger partial charge in [-0.05, 0) is 74.7 Å². The summed E-state index contributed by atoms with van der Waals surface area (Å²) in [5.41, 5.74) is 1.67. The van der Waals surface area contributed by atoms with Crippen LogP contribution in [0, 0.1) is 57.5 Å². The van der Waals surface area contributed by atoms with E-state index in [1.54, 1.807) is 6.07 Å². The van der Waals surface area contributed by atoms with Crippen molar-refractivity contribution in [3.8, 4) is 6.07 Å². The molecule has 2 amide bonds. The molecule has 5 rings (SSSR count). The molecule has 0 radical (unpaired) electrons. The van der Waals surface area contributed by atoms with E-state index in [4.69, 9.17) is 5.26 Å². The molecule has 1 aliphatic heterocycles. The normalized spacial score (nSPS) is 36.3. The second-order valence-electron chi connectivity index (χ2n) is 11.7. The van der Waals surface area contributed by atoms with Gasteiger partial charge in [0, 0.05) is 36.6 Å². The van der Waals surface area contributed by atoms with Gasteiger partial charge in [0.15, 0.2) is 0 Å². The standard InChI is InChI=1S/C28H33F2N3O2/c1-15-11-17-18-5-6-20(26(35)32-23-13-21(29)16(14-31)12-22(23)30)27(18,2)9-7-19(17)28(3)10-8-24(34)33(4)25(15)28/h12-13,17-20H,5-11H2,1-4H3,(H,32,35)/t17?,18-,19?,20+,27-,28+/m0/s1. The Bertz CT molecular complexity index is 1190. The first-order chi connectivity index (χ1) is 16.5. The number of carbonyl (C=O) groups is 2. The Morgan fingerprint density at radius 2 is 1.89 bits per heavy atom. The molecule has 1 N–H and O–H groups in total. The van der Waals surface area contributed by atoms with Crippen LogP contribution in [-0.2, 0) is 9.59 Å². The molecule has 1 aromatic rings. The third kappa shape index (κ3) is 3.43. The Morgan fingerprint density at radius 1 is 1.14 bits per heavy atom. The fraction of sp³-hybridized carbons (Fsp3) is 0.607. The number of anilines is 1. The van der Waals surface area contributed by atoms with Crippen LogP contribution in [0.1, 0.15) is 71.3 Å². The molecule has 2 saturated carbocycles. The molecule has 4 aliphatic rings. The third-order valence-corrected chi connectivity index (χ3v) is 10.1.